The molecule has 140 valence electrons. The molecule has 26 heavy (non-hydrogen) atoms. The fourth-order valence-electron chi connectivity index (χ4n) is 3.91. The minimum Gasteiger partial charge on any atom is -0.384 e. The predicted octanol–water partition coefficient (Wildman–Crippen LogP) is 0.337. The van der Waals surface area contributed by atoms with Gasteiger partial charge >= 0.3 is 0 Å². The number of hydrogen-bond donors (Lipinski definition) is 1. The van der Waals surface area contributed by atoms with E-state index in [1.165, 1.54) is 0 Å². The third kappa shape index (κ3) is 3.32. The van der Waals surface area contributed by atoms with Crippen LogP contribution in [0, 0.1) is 6.92 Å². The second kappa shape index (κ2) is 6.94. The number of ether oxygens (including phenoxy) is 1. The first kappa shape index (κ1) is 17.4. The van der Waals surface area contributed by atoms with Gasteiger partial charge in [0, 0.05) is 25.4 Å². The number of carbonyl (C=O) groups is 1. The second-order valence-electron chi connectivity index (χ2n) is 7.35. The number of aliphatic hydroxyl groups is 1. The van der Waals surface area contributed by atoms with E-state index >= 15 is 0 Å². The standard InChI is InChI=1S/C18H25N5O3/c1-14-15(10-19-16-4-5-20-23(14)16)17(24)22-8-9-26-13-18(25,12-22)11-21-6-2-3-7-21/h4-5,10,25H,2-3,6-9,11-13H2,1H3. The average Bonchev–Trinajstić information content (AvgIpc) is 3.25. The molecule has 1 N–H and O–H groups in total. The van der Waals surface area contributed by atoms with Crippen LogP contribution in [0.1, 0.15) is 28.9 Å². The molecule has 0 radical (unpaired) electrons. The summed E-state index contributed by atoms with van der Waals surface area (Å²) in [5, 5.41) is 15.3. The number of aromatic nitrogens is 3. The van der Waals surface area contributed by atoms with Crippen LogP contribution in [0.25, 0.3) is 5.65 Å². The average molecular weight is 359 g/mol. The number of aryl methyl sites for hydroxylation is 1. The zero-order chi connectivity index (χ0) is 18.1. The van der Waals surface area contributed by atoms with Gasteiger partial charge in [0.1, 0.15) is 5.60 Å². The first-order valence-electron chi connectivity index (χ1n) is 9.17. The summed E-state index contributed by atoms with van der Waals surface area (Å²) in [4.78, 5) is 21.4. The van der Waals surface area contributed by atoms with Crippen molar-refractivity contribution in [2.45, 2.75) is 25.4 Å². The van der Waals surface area contributed by atoms with Crippen molar-refractivity contribution in [2.24, 2.45) is 0 Å². The first-order valence-corrected chi connectivity index (χ1v) is 9.17. The lowest BCUT2D eigenvalue weighted by atomic mass is 10.0. The minimum absolute atomic E-state index is 0.141. The van der Waals surface area contributed by atoms with Gasteiger partial charge in [-0.05, 0) is 32.9 Å². The van der Waals surface area contributed by atoms with Crippen molar-refractivity contribution in [2.75, 3.05) is 45.9 Å². The van der Waals surface area contributed by atoms with Gasteiger partial charge in [-0.15, -0.1) is 0 Å². The van der Waals surface area contributed by atoms with Crippen LogP contribution in [0.4, 0.5) is 0 Å². The van der Waals surface area contributed by atoms with Crippen molar-refractivity contribution in [3.8, 4) is 0 Å². The van der Waals surface area contributed by atoms with Gasteiger partial charge in [-0.25, -0.2) is 9.50 Å². The highest BCUT2D eigenvalue weighted by atomic mass is 16.5. The first-order chi connectivity index (χ1) is 12.6. The van der Waals surface area contributed by atoms with Gasteiger partial charge in [-0.1, -0.05) is 0 Å². The van der Waals surface area contributed by atoms with E-state index in [1.807, 2.05) is 6.92 Å². The van der Waals surface area contributed by atoms with Gasteiger partial charge in [0.2, 0.25) is 0 Å². The van der Waals surface area contributed by atoms with Crippen LogP contribution in [-0.2, 0) is 4.74 Å². The maximum Gasteiger partial charge on any atom is 0.257 e. The zero-order valence-electron chi connectivity index (χ0n) is 15.1. The summed E-state index contributed by atoms with van der Waals surface area (Å²) in [6.07, 6.45) is 5.58. The molecule has 1 atom stereocenters. The van der Waals surface area contributed by atoms with E-state index in [1.54, 1.807) is 27.9 Å². The van der Waals surface area contributed by atoms with Gasteiger partial charge < -0.3 is 19.6 Å². The Labute approximate surface area is 152 Å². The molecule has 0 aliphatic carbocycles. The number of rotatable bonds is 3. The normalized spacial score (nSPS) is 24.9. The number of nitrogens with zero attached hydrogens (tertiary/aromatic N) is 5. The molecular weight excluding hydrogens is 334 g/mol. The van der Waals surface area contributed by atoms with Crippen molar-refractivity contribution in [1.29, 1.82) is 0 Å². The minimum atomic E-state index is -1.05. The lowest BCUT2D eigenvalue weighted by Crippen LogP contribution is -2.53. The lowest BCUT2D eigenvalue weighted by molar-refractivity contribution is -0.0524. The molecule has 2 aliphatic heterocycles. The highest BCUT2D eigenvalue weighted by Crippen LogP contribution is 2.20. The highest BCUT2D eigenvalue weighted by Gasteiger charge is 2.37. The molecule has 4 heterocycles. The number of amides is 1. The van der Waals surface area contributed by atoms with E-state index in [0.717, 1.165) is 31.6 Å². The number of carbonyl (C=O) groups excluding carboxylic acids is 1. The van der Waals surface area contributed by atoms with Crippen LogP contribution in [0.2, 0.25) is 0 Å². The molecule has 0 spiro atoms. The Hall–Kier alpha value is -2.03. The van der Waals surface area contributed by atoms with Gasteiger partial charge in [0.25, 0.3) is 5.91 Å². The molecule has 2 fully saturated rings. The summed E-state index contributed by atoms with van der Waals surface area (Å²) >= 11 is 0. The van der Waals surface area contributed by atoms with Crippen LogP contribution in [-0.4, -0.2) is 87.0 Å². The smallest absolute Gasteiger partial charge is 0.257 e. The Morgan fingerprint density at radius 2 is 2.15 bits per heavy atom. The van der Waals surface area contributed by atoms with Gasteiger partial charge in [-0.2, -0.15) is 5.10 Å². The summed E-state index contributed by atoms with van der Waals surface area (Å²) < 4.78 is 7.29. The Morgan fingerprint density at radius 3 is 2.96 bits per heavy atom. The Kier molecular flexibility index (Phi) is 4.64. The van der Waals surface area contributed by atoms with Crippen molar-refractivity contribution >= 4 is 11.6 Å². The Bertz CT molecular complexity index is 801. The molecule has 1 amide bonds. The van der Waals surface area contributed by atoms with E-state index in [2.05, 4.69) is 15.0 Å². The molecule has 2 aromatic heterocycles. The number of β-amino-alcohol motifs (C(OH)–C–C–N with tert-alkyl or cyclic N) is 1. The van der Waals surface area contributed by atoms with Gasteiger partial charge in [0.05, 0.1) is 37.2 Å². The van der Waals surface area contributed by atoms with Gasteiger partial charge in [-0.3, -0.25) is 4.79 Å². The maximum atomic E-state index is 13.1. The molecule has 2 saturated heterocycles. The molecule has 0 bridgehead atoms. The third-order valence-corrected chi connectivity index (χ3v) is 5.25. The van der Waals surface area contributed by atoms with Crippen LogP contribution >= 0.6 is 0 Å². The number of hydrogen-bond acceptors (Lipinski definition) is 6. The van der Waals surface area contributed by atoms with E-state index in [0.29, 0.717) is 30.9 Å². The fourth-order valence-corrected chi connectivity index (χ4v) is 3.91. The monoisotopic (exact) mass is 359 g/mol. The van der Waals surface area contributed by atoms with E-state index in [9.17, 15) is 9.90 Å². The molecular formula is C18H25N5O3. The Morgan fingerprint density at radius 1 is 1.35 bits per heavy atom. The van der Waals surface area contributed by atoms with E-state index < -0.39 is 5.60 Å². The number of fused-ring (bicyclic) bond motifs is 1. The summed E-state index contributed by atoms with van der Waals surface area (Å²) in [5.74, 6) is -0.141. The summed E-state index contributed by atoms with van der Waals surface area (Å²) in [6, 6.07) is 1.80. The van der Waals surface area contributed by atoms with Crippen molar-refractivity contribution in [3.05, 3.63) is 29.7 Å². The van der Waals surface area contributed by atoms with Crippen molar-refractivity contribution in [1.82, 2.24) is 24.4 Å². The Balaban J connectivity index is 1.56. The summed E-state index contributed by atoms with van der Waals surface area (Å²) in [5.41, 5.74) is 0.918. The number of likely N-dealkylation sites (tertiary alicyclic amines) is 1. The predicted molar refractivity (Wildman–Crippen MR) is 95.1 cm³/mol. The molecule has 2 aliphatic rings. The highest BCUT2D eigenvalue weighted by molar-refractivity contribution is 5.95. The quantitative estimate of drug-likeness (QED) is 0.851. The molecule has 8 nitrogen and oxygen atoms in total. The molecule has 0 saturated carbocycles. The summed E-state index contributed by atoms with van der Waals surface area (Å²) in [6.45, 7) is 5.78. The maximum absolute atomic E-state index is 13.1. The molecule has 8 heteroatoms. The molecule has 0 aromatic carbocycles. The van der Waals surface area contributed by atoms with Gasteiger partial charge in [0.15, 0.2) is 5.65 Å². The van der Waals surface area contributed by atoms with E-state index in [-0.39, 0.29) is 19.1 Å². The third-order valence-electron chi connectivity index (χ3n) is 5.25. The SMILES string of the molecule is Cc1c(C(=O)N2CCOCC(O)(CN3CCCC3)C2)cnc2ccnn12. The topological polar surface area (TPSA) is 83.2 Å². The summed E-state index contributed by atoms with van der Waals surface area (Å²) in [7, 11) is 0. The van der Waals surface area contributed by atoms with Crippen molar-refractivity contribution < 1.29 is 14.6 Å². The molecule has 1 unspecified atom stereocenters. The lowest BCUT2D eigenvalue weighted by Gasteiger charge is -2.34. The largest absolute Gasteiger partial charge is 0.384 e. The van der Waals surface area contributed by atoms with Crippen LogP contribution in [0.3, 0.4) is 0 Å². The second-order valence-corrected chi connectivity index (χ2v) is 7.35. The molecule has 2 aromatic rings. The molecule has 4 rings (SSSR count). The zero-order valence-corrected chi connectivity index (χ0v) is 15.1. The van der Waals surface area contributed by atoms with Crippen LogP contribution in [0.15, 0.2) is 18.5 Å². The van der Waals surface area contributed by atoms with Crippen LogP contribution < -0.4 is 0 Å². The van der Waals surface area contributed by atoms with E-state index in [4.69, 9.17) is 4.74 Å². The van der Waals surface area contributed by atoms with Crippen LogP contribution in [0.5, 0.6) is 0 Å². The fraction of sp³-hybridized carbons (Fsp3) is 0.611. The van der Waals surface area contributed by atoms with Crippen molar-refractivity contribution in [3.63, 3.8) is 0 Å².